The highest BCUT2D eigenvalue weighted by Gasteiger charge is 2.26. The Morgan fingerprint density at radius 2 is 2.06 bits per heavy atom. The van der Waals surface area contributed by atoms with Gasteiger partial charge in [-0.1, -0.05) is 29.0 Å². The van der Waals surface area contributed by atoms with Crippen molar-refractivity contribution in [3.63, 3.8) is 0 Å². The molecule has 4 rings (SSSR count). The van der Waals surface area contributed by atoms with Crippen LogP contribution in [0.5, 0.6) is 0 Å². The fourth-order valence-corrected chi connectivity index (χ4v) is 4.87. The van der Waals surface area contributed by atoms with E-state index in [-0.39, 0.29) is 29.8 Å². The molecule has 0 spiro atoms. The molecule has 1 aromatic carbocycles. The minimum absolute atomic E-state index is 0.00828. The lowest BCUT2D eigenvalue weighted by atomic mass is 9.96. The number of hydrogen-bond acceptors (Lipinski definition) is 7. The van der Waals surface area contributed by atoms with E-state index in [0.717, 1.165) is 12.8 Å². The molecule has 0 unspecified atom stereocenters. The molecule has 3 heterocycles. The number of carbonyl (C=O) groups excluding carboxylic acids is 2. The van der Waals surface area contributed by atoms with Gasteiger partial charge < -0.3 is 15.5 Å². The van der Waals surface area contributed by atoms with Crippen LogP contribution in [0.1, 0.15) is 19.8 Å². The lowest BCUT2D eigenvalue weighted by Gasteiger charge is -2.30. The lowest BCUT2D eigenvalue weighted by Crippen LogP contribution is -2.40. The molecule has 2 amide bonds. The fourth-order valence-electron chi connectivity index (χ4n) is 3.66. The highest BCUT2D eigenvalue weighted by atomic mass is 35.5. The minimum atomic E-state index is -0.354. The number of anilines is 2. The second-order valence-corrected chi connectivity index (χ2v) is 8.96. The van der Waals surface area contributed by atoms with Gasteiger partial charge in [0.25, 0.3) is 5.56 Å². The highest BCUT2D eigenvalue weighted by Crippen LogP contribution is 2.29. The minimum Gasteiger partial charge on any atom is -0.356 e. The van der Waals surface area contributed by atoms with Crippen molar-refractivity contribution in [3.05, 3.63) is 46.0 Å². The van der Waals surface area contributed by atoms with E-state index < -0.39 is 0 Å². The van der Waals surface area contributed by atoms with Crippen molar-refractivity contribution in [1.29, 1.82) is 0 Å². The molecule has 1 aliphatic rings. The Morgan fingerprint density at radius 1 is 1.28 bits per heavy atom. The van der Waals surface area contributed by atoms with Crippen molar-refractivity contribution >= 4 is 55.9 Å². The third-order valence-corrected chi connectivity index (χ3v) is 6.61. The Bertz CT molecular complexity index is 1200. The van der Waals surface area contributed by atoms with Crippen LogP contribution in [0.15, 0.2) is 35.4 Å². The number of amides is 2. The van der Waals surface area contributed by atoms with Gasteiger partial charge in [-0.2, -0.15) is 4.98 Å². The van der Waals surface area contributed by atoms with Gasteiger partial charge in [0.1, 0.15) is 17.6 Å². The largest absolute Gasteiger partial charge is 0.356 e. The van der Waals surface area contributed by atoms with Gasteiger partial charge in [-0.3, -0.25) is 19.0 Å². The van der Waals surface area contributed by atoms with E-state index in [4.69, 9.17) is 11.6 Å². The quantitative estimate of drug-likeness (QED) is 0.568. The van der Waals surface area contributed by atoms with E-state index in [1.807, 2.05) is 6.92 Å². The summed E-state index contributed by atoms with van der Waals surface area (Å²) in [5.41, 5.74) is 0.616. The number of fused-ring (bicyclic) bond motifs is 1. The van der Waals surface area contributed by atoms with Crippen molar-refractivity contribution in [3.8, 4) is 0 Å². The van der Waals surface area contributed by atoms with Crippen molar-refractivity contribution in [2.24, 2.45) is 5.92 Å². The number of thiazole rings is 1. The summed E-state index contributed by atoms with van der Waals surface area (Å²) in [6, 6.07) is 6.80. The maximum Gasteiger partial charge on any atom is 0.273 e. The zero-order valence-electron chi connectivity index (χ0n) is 17.5. The number of nitrogens with zero attached hydrogens (tertiary/aromatic N) is 4. The molecule has 2 aromatic heterocycles. The summed E-state index contributed by atoms with van der Waals surface area (Å²) in [5, 5.41) is 6.81. The maximum absolute atomic E-state index is 12.9. The van der Waals surface area contributed by atoms with Gasteiger partial charge in [-0.15, -0.1) is 0 Å². The molecule has 32 heavy (non-hydrogen) atoms. The van der Waals surface area contributed by atoms with Crippen LogP contribution < -0.4 is 21.1 Å². The van der Waals surface area contributed by atoms with Gasteiger partial charge in [0.15, 0.2) is 10.8 Å². The second-order valence-electron chi connectivity index (χ2n) is 7.54. The lowest BCUT2D eigenvalue weighted by molar-refractivity contribution is -0.125. The summed E-state index contributed by atoms with van der Waals surface area (Å²) < 4.78 is 1.68. The van der Waals surface area contributed by atoms with E-state index in [1.54, 1.807) is 24.3 Å². The van der Waals surface area contributed by atoms with Gasteiger partial charge in [0.2, 0.25) is 11.8 Å². The summed E-state index contributed by atoms with van der Waals surface area (Å²) in [6.45, 7) is 3.76. The first kappa shape index (κ1) is 22.2. The topological polar surface area (TPSA) is 109 Å². The number of aromatic nitrogens is 3. The summed E-state index contributed by atoms with van der Waals surface area (Å²) in [4.78, 5) is 48.2. The Balaban J connectivity index is 1.45. The van der Waals surface area contributed by atoms with Crippen LogP contribution in [0.3, 0.4) is 0 Å². The second kappa shape index (κ2) is 9.66. The molecule has 0 atom stereocenters. The predicted molar refractivity (Wildman–Crippen MR) is 125 cm³/mol. The summed E-state index contributed by atoms with van der Waals surface area (Å²) in [7, 11) is 0. The SMILES string of the molecule is CCNC(=O)C1CCN(c2nc3ncn(CC(=O)Nc4cccc(Cl)c4)c(=O)c3s2)CC1. The molecule has 1 saturated heterocycles. The van der Waals surface area contributed by atoms with Gasteiger partial charge >= 0.3 is 0 Å². The molecule has 0 aliphatic carbocycles. The van der Waals surface area contributed by atoms with E-state index in [9.17, 15) is 14.4 Å². The molecule has 0 saturated carbocycles. The Kier molecular flexibility index (Phi) is 6.71. The molecule has 0 radical (unpaired) electrons. The molecule has 1 aliphatic heterocycles. The van der Waals surface area contributed by atoms with Crippen LogP contribution in [-0.2, 0) is 16.1 Å². The normalized spacial score (nSPS) is 14.5. The number of benzene rings is 1. The first-order valence-electron chi connectivity index (χ1n) is 10.4. The van der Waals surface area contributed by atoms with Gasteiger partial charge in [-0.05, 0) is 38.0 Å². The average Bonchev–Trinajstić information content (AvgIpc) is 3.21. The number of nitrogens with one attached hydrogen (secondary N) is 2. The van der Waals surface area contributed by atoms with Gasteiger partial charge in [0, 0.05) is 36.3 Å². The van der Waals surface area contributed by atoms with Crippen LogP contribution >= 0.6 is 22.9 Å². The number of piperidine rings is 1. The van der Waals surface area contributed by atoms with Gasteiger partial charge in [-0.25, -0.2) is 4.98 Å². The van der Waals surface area contributed by atoms with E-state index in [2.05, 4.69) is 25.5 Å². The molecule has 11 heteroatoms. The third-order valence-electron chi connectivity index (χ3n) is 5.28. The molecule has 1 fully saturated rings. The number of hydrogen-bond donors (Lipinski definition) is 2. The van der Waals surface area contributed by atoms with Crippen LogP contribution in [0.4, 0.5) is 10.8 Å². The van der Waals surface area contributed by atoms with E-state index >= 15 is 0 Å². The predicted octanol–water partition coefficient (Wildman–Crippen LogP) is 2.50. The Labute approximate surface area is 193 Å². The van der Waals surface area contributed by atoms with Crippen molar-refractivity contribution in [1.82, 2.24) is 19.9 Å². The molecule has 0 bridgehead atoms. The zero-order valence-corrected chi connectivity index (χ0v) is 19.1. The molecular weight excluding hydrogens is 452 g/mol. The van der Waals surface area contributed by atoms with Crippen LogP contribution in [0.2, 0.25) is 5.02 Å². The summed E-state index contributed by atoms with van der Waals surface area (Å²) >= 11 is 7.20. The summed E-state index contributed by atoms with van der Waals surface area (Å²) in [5.74, 6) is -0.251. The first-order valence-corrected chi connectivity index (χ1v) is 11.6. The monoisotopic (exact) mass is 474 g/mol. The number of rotatable bonds is 6. The fraction of sp³-hybridized carbons (Fsp3) is 0.381. The standard InChI is InChI=1S/C21H23ClN6O3S/c1-2-23-19(30)13-6-8-27(9-7-13)21-26-18-17(32-21)20(31)28(12-24-18)11-16(29)25-15-5-3-4-14(22)10-15/h3-5,10,12-13H,2,6-9,11H2,1H3,(H,23,30)(H,25,29). The smallest absolute Gasteiger partial charge is 0.273 e. The zero-order chi connectivity index (χ0) is 22.7. The van der Waals surface area contributed by atoms with Crippen LogP contribution in [-0.4, -0.2) is 46.0 Å². The molecular formula is C21H23ClN6O3S. The number of carbonyl (C=O) groups is 2. The molecule has 9 nitrogen and oxygen atoms in total. The molecule has 2 N–H and O–H groups in total. The van der Waals surface area contributed by atoms with Crippen molar-refractivity contribution < 1.29 is 9.59 Å². The van der Waals surface area contributed by atoms with Gasteiger partial charge in [0.05, 0.1) is 0 Å². The average molecular weight is 475 g/mol. The molecule has 168 valence electrons. The Hall–Kier alpha value is -2.98. The highest BCUT2D eigenvalue weighted by molar-refractivity contribution is 7.22. The molecule has 3 aromatic rings. The van der Waals surface area contributed by atoms with E-state index in [1.165, 1.54) is 22.2 Å². The van der Waals surface area contributed by atoms with Crippen molar-refractivity contribution in [2.45, 2.75) is 26.3 Å². The summed E-state index contributed by atoms with van der Waals surface area (Å²) in [6.07, 6.45) is 2.82. The van der Waals surface area contributed by atoms with Crippen LogP contribution in [0, 0.1) is 5.92 Å². The first-order chi connectivity index (χ1) is 15.4. The maximum atomic E-state index is 12.9. The van der Waals surface area contributed by atoms with Crippen molar-refractivity contribution in [2.75, 3.05) is 29.9 Å². The third kappa shape index (κ3) is 4.91. The van der Waals surface area contributed by atoms with Crippen LogP contribution in [0.25, 0.3) is 10.3 Å². The number of halogens is 1. The Morgan fingerprint density at radius 3 is 2.78 bits per heavy atom. The van der Waals surface area contributed by atoms with E-state index in [0.29, 0.717) is 45.8 Å².